The van der Waals surface area contributed by atoms with Crippen molar-refractivity contribution in [2.24, 2.45) is 0 Å². The number of hydrogen-bond acceptors (Lipinski definition) is 8. The molecule has 0 saturated heterocycles. The first-order chi connectivity index (χ1) is 8.14. The van der Waals surface area contributed by atoms with Gasteiger partial charge in [-0.3, -0.25) is 22.9 Å². The smallest absolute Gasteiger partial charge is 0.310 e. The van der Waals surface area contributed by atoms with Gasteiger partial charge in [-0.1, -0.05) is 0 Å². The fraction of sp³-hybridized carbons (Fsp3) is 0.875. The standard InChI is InChI=1S/C8H18O8P2/c1-7(9)8(2,17(10,12-3)13-4)16-18(11,14-5)15-6/h1-6H3. The van der Waals surface area contributed by atoms with E-state index in [1.165, 1.54) is 0 Å². The van der Waals surface area contributed by atoms with Gasteiger partial charge in [0.15, 0.2) is 5.78 Å². The highest BCUT2D eigenvalue weighted by molar-refractivity contribution is 7.57. The van der Waals surface area contributed by atoms with E-state index in [1.807, 2.05) is 0 Å². The van der Waals surface area contributed by atoms with Crippen LogP contribution in [0.4, 0.5) is 0 Å². The molecule has 0 bridgehead atoms. The number of phosphoric ester groups is 1. The molecule has 1 atom stereocenters. The molecule has 1 unspecified atom stereocenters. The summed E-state index contributed by atoms with van der Waals surface area (Å²) < 4.78 is 47.7. The molecule has 0 aliphatic rings. The molecule has 0 saturated carbocycles. The lowest BCUT2D eigenvalue weighted by atomic mass is 10.3. The van der Waals surface area contributed by atoms with E-state index in [0.29, 0.717) is 0 Å². The van der Waals surface area contributed by atoms with Crippen LogP contribution >= 0.6 is 15.4 Å². The third kappa shape index (κ3) is 3.27. The zero-order valence-corrected chi connectivity index (χ0v) is 12.9. The van der Waals surface area contributed by atoms with Gasteiger partial charge in [0, 0.05) is 28.4 Å². The second-order valence-corrected chi connectivity index (χ2v) is 7.69. The van der Waals surface area contributed by atoms with Crippen molar-refractivity contribution in [2.45, 2.75) is 19.2 Å². The molecule has 0 N–H and O–H groups in total. The van der Waals surface area contributed by atoms with Gasteiger partial charge >= 0.3 is 15.4 Å². The molecule has 0 aromatic rings. The monoisotopic (exact) mass is 304 g/mol. The highest BCUT2D eigenvalue weighted by Crippen LogP contribution is 2.66. The van der Waals surface area contributed by atoms with E-state index in [1.54, 1.807) is 0 Å². The van der Waals surface area contributed by atoms with Crippen molar-refractivity contribution in [3.63, 3.8) is 0 Å². The SMILES string of the molecule is COP(=O)(OC)OC(C)(C(C)=O)P(=O)(OC)OC. The third-order valence-electron chi connectivity index (χ3n) is 2.39. The summed E-state index contributed by atoms with van der Waals surface area (Å²) in [4.78, 5) is 11.7. The summed E-state index contributed by atoms with van der Waals surface area (Å²) in [7, 11) is -3.72. The summed E-state index contributed by atoms with van der Waals surface area (Å²) >= 11 is 0. The topological polar surface area (TPSA) is 97.4 Å². The zero-order valence-electron chi connectivity index (χ0n) is 11.2. The van der Waals surface area contributed by atoms with Crippen molar-refractivity contribution in [1.82, 2.24) is 0 Å². The molecule has 0 spiro atoms. The average molecular weight is 304 g/mol. The molecule has 0 radical (unpaired) electrons. The first-order valence-electron chi connectivity index (χ1n) is 4.79. The van der Waals surface area contributed by atoms with Crippen molar-refractivity contribution in [1.29, 1.82) is 0 Å². The van der Waals surface area contributed by atoms with Gasteiger partial charge in [-0.25, -0.2) is 4.57 Å². The molecule has 0 aromatic heterocycles. The second kappa shape index (κ2) is 6.39. The number of rotatable bonds is 8. The van der Waals surface area contributed by atoms with Gasteiger partial charge in [-0.2, -0.15) is 0 Å². The van der Waals surface area contributed by atoms with E-state index in [9.17, 15) is 13.9 Å². The fourth-order valence-electron chi connectivity index (χ4n) is 1.10. The van der Waals surface area contributed by atoms with Crippen LogP contribution in [0.5, 0.6) is 0 Å². The van der Waals surface area contributed by atoms with E-state index < -0.39 is 26.5 Å². The highest BCUT2D eigenvalue weighted by atomic mass is 31.2. The summed E-state index contributed by atoms with van der Waals surface area (Å²) in [5, 5.41) is -2.10. The maximum atomic E-state index is 12.3. The van der Waals surface area contributed by atoms with Gasteiger partial charge in [0.25, 0.3) is 0 Å². The van der Waals surface area contributed by atoms with Crippen LogP contribution in [0.3, 0.4) is 0 Å². The van der Waals surface area contributed by atoms with Gasteiger partial charge in [0.1, 0.15) is 0 Å². The fourth-order valence-corrected chi connectivity index (χ4v) is 3.89. The number of phosphoric acid groups is 1. The molecule has 18 heavy (non-hydrogen) atoms. The Bertz CT molecular complexity index is 379. The van der Waals surface area contributed by atoms with Crippen LogP contribution in [0, 0.1) is 0 Å². The lowest BCUT2D eigenvalue weighted by Crippen LogP contribution is -2.37. The van der Waals surface area contributed by atoms with E-state index in [-0.39, 0.29) is 0 Å². The zero-order chi connectivity index (χ0) is 14.6. The molecular weight excluding hydrogens is 286 g/mol. The molecule has 0 heterocycles. The summed E-state index contributed by atoms with van der Waals surface area (Å²) in [5.41, 5.74) is 0. The summed E-state index contributed by atoms with van der Waals surface area (Å²) in [6, 6.07) is 0. The van der Waals surface area contributed by atoms with Crippen LogP contribution in [0.25, 0.3) is 0 Å². The molecule has 0 aliphatic heterocycles. The average Bonchev–Trinajstić information content (AvgIpc) is 2.36. The first-order valence-corrected chi connectivity index (χ1v) is 7.80. The minimum absolute atomic E-state index is 0.705. The Balaban J connectivity index is 5.64. The van der Waals surface area contributed by atoms with Crippen LogP contribution < -0.4 is 0 Å². The predicted octanol–water partition coefficient (Wildman–Crippen LogP) is 2.20. The molecule has 0 fully saturated rings. The minimum atomic E-state index is -4.03. The molecule has 108 valence electrons. The van der Waals surface area contributed by atoms with E-state index in [2.05, 4.69) is 9.05 Å². The van der Waals surface area contributed by atoms with Gasteiger partial charge in [0.05, 0.1) is 0 Å². The van der Waals surface area contributed by atoms with Crippen molar-refractivity contribution >= 4 is 21.2 Å². The van der Waals surface area contributed by atoms with Gasteiger partial charge < -0.3 is 9.05 Å². The highest BCUT2D eigenvalue weighted by Gasteiger charge is 2.56. The maximum Gasteiger partial charge on any atom is 0.475 e. The third-order valence-corrected chi connectivity index (χ3v) is 6.43. The van der Waals surface area contributed by atoms with E-state index in [4.69, 9.17) is 13.6 Å². The van der Waals surface area contributed by atoms with E-state index >= 15 is 0 Å². The Morgan fingerprint density at radius 2 is 1.33 bits per heavy atom. The largest absolute Gasteiger partial charge is 0.475 e. The molecule has 8 nitrogen and oxygen atoms in total. The number of carbonyl (C=O) groups is 1. The first kappa shape index (κ1) is 17.9. The number of hydrogen-bond donors (Lipinski definition) is 0. The Labute approximate surface area is 106 Å². The van der Waals surface area contributed by atoms with E-state index in [0.717, 1.165) is 42.3 Å². The Morgan fingerprint density at radius 1 is 0.944 bits per heavy atom. The van der Waals surface area contributed by atoms with Gasteiger partial charge in [-0.05, 0) is 13.8 Å². The lowest BCUT2D eigenvalue weighted by Gasteiger charge is -2.33. The van der Waals surface area contributed by atoms with Crippen molar-refractivity contribution in [3.8, 4) is 0 Å². The van der Waals surface area contributed by atoms with Crippen LogP contribution in [0.1, 0.15) is 13.8 Å². The molecule has 0 aromatic carbocycles. The quantitative estimate of drug-likeness (QED) is 0.629. The van der Waals surface area contributed by atoms with Crippen molar-refractivity contribution in [3.05, 3.63) is 0 Å². The molecular formula is C8H18O8P2. The lowest BCUT2D eigenvalue weighted by molar-refractivity contribution is -0.127. The molecule has 0 amide bonds. The molecule has 0 rings (SSSR count). The predicted molar refractivity (Wildman–Crippen MR) is 63.4 cm³/mol. The molecule has 10 heteroatoms. The molecule has 0 aliphatic carbocycles. The van der Waals surface area contributed by atoms with Crippen LogP contribution in [-0.4, -0.2) is 39.6 Å². The summed E-state index contributed by atoms with van der Waals surface area (Å²) in [5.74, 6) is -0.705. The summed E-state index contributed by atoms with van der Waals surface area (Å²) in [6.07, 6.45) is 0. The minimum Gasteiger partial charge on any atom is -0.310 e. The second-order valence-electron chi connectivity index (χ2n) is 3.31. The maximum absolute atomic E-state index is 12.3. The van der Waals surface area contributed by atoms with Gasteiger partial charge in [0.2, 0.25) is 5.34 Å². The van der Waals surface area contributed by atoms with Gasteiger partial charge in [-0.15, -0.1) is 0 Å². The van der Waals surface area contributed by atoms with Crippen LogP contribution in [0.15, 0.2) is 0 Å². The van der Waals surface area contributed by atoms with Crippen LogP contribution in [-0.2, 0) is 36.5 Å². The Morgan fingerprint density at radius 3 is 1.56 bits per heavy atom. The number of ketones is 1. The van der Waals surface area contributed by atoms with Crippen molar-refractivity contribution in [2.75, 3.05) is 28.4 Å². The number of Topliss-reactive ketones (excluding diaryl/α,β-unsaturated/α-hetero) is 1. The Hall–Kier alpha value is -0.0700. The Kier molecular flexibility index (Phi) is 6.36. The summed E-state index contributed by atoms with van der Waals surface area (Å²) in [6.45, 7) is 2.23. The normalized spacial score (nSPS) is 16.3. The number of carbonyl (C=O) groups excluding carboxylic acids is 1. The van der Waals surface area contributed by atoms with Crippen LogP contribution in [0.2, 0.25) is 0 Å². The van der Waals surface area contributed by atoms with Crippen molar-refractivity contribution < 1.29 is 36.5 Å².